The minimum absolute atomic E-state index is 0.0187. The van der Waals surface area contributed by atoms with E-state index in [9.17, 15) is 9.18 Å². The van der Waals surface area contributed by atoms with Crippen LogP contribution in [0, 0.1) is 5.82 Å². The van der Waals surface area contributed by atoms with Gasteiger partial charge in [-0.05, 0) is 6.07 Å². The lowest BCUT2D eigenvalue weighted by Crippen LogP contribution is -2.15. The third kappa shape index (κ3) is 2.98. The third-order valence-electron chi connectivity index (χ3n) is 2.77. The first-order valence-electron chi connectivity index (χ1n) is 5.71. The molecule has 0 bridgehead atoms. The number of amides is 1. The van der Waals surface area contributed by atoms with Crippen LogP contribution in [0.5, 0.6) is 0 Å². The van der Waals surface area contributed by atoms with Crippen LogP contribution >= 0.6 is 23.2 Å². The van der Waals surface area contributed by atoms with E-state index in [0.717, 1.165) is 0 Å². The molecule has 102 valence electrons. The molecule has 0 aliphatic heterocycles. The second-order valence-corrected chi connectivity index (χ2v) is 4.88. The molecule has 2 N–H and O–H groups in total. The molecular weight excluding hydrogens is 292 g/mol. The van der Waals surface area contributed by atoms with E-state index in [1.54, 1.807) is 4.57 Å². The molecule has 0 aliphatic rings. The molecule has 0 saturated heterocycles. The lowest BCUT2D eigenvalue weighted by molar-refractivity contribution is -0.118. The van der Waals surface area contributed by atoms with Crippen LogP contribution in [0.2, 0.25) is 5.02 Å². The van der Waals surface area contributed by atoms with Gasteiger partial charge in [-0.25, -0.2) is 9.37 Å². The smallest absolute Gasteiger partial charge is 0.219 e. The summed E-state index contributed by atoms with van der Waals surface area (Å²) in [4.78, 5) is 15.2. The summed E-state index contributed by atoms with van der Waals surface area (Å²) in [7, 11) is 0. The second-order valence-electron chi connectivity index (χ2n) is 4.09. The fourth-order valence-corrected chi connectivity index (χ4v) is 2.24. The molecule has 1 amide bonds. The molecule has 19 heavy (non-hydrogen) atoms. The number of aromatic nitrogens is 2. The summed E-state index contributed by atoms with van der Waals surface area (Å²) in [6, 6.07) is 2.77. The summed E-state index contributed by atoms with van der Waals surface area (Å²) in [5, 5.41) is 0.0187. The van der Waals surface area contributed by atoms with E-state index in [1.165, 1.54) is 12.1 Å². The Bertz CT molecular complexity index is 627. The zero-order chi connectivity index (χ0) is 14.0. The summed E-state index contributed by atoms with van der Waals surface area (Å²) in [6.45, 7) is 0.375. The number of aryl methyl sites for hydroxylation is 2. The van der Waals surface area contributed by atoms with E-state index in [2.05, 4.69) is 4.98 Å². The number of hydrogen-bond donors (Lipinski definition) is 1. The molecule has 0 fully saturated rings. The number of imidazole rings is 1. The Morgan fingerprint density at radius 3 is 2.84 bits per heavy atom. The van der Waals surface area contributed by atoms with Crippen LogP contribution in [-0.4, -0.2) is 21.3 Å². The monoisotopic (exact) mass is 303 g/mol. The topological polar surface area (TPSA) is 60.9 Å². The number of primary amides is 1. The van der Waals surface area contributed by atoms with Crippen LogP contribution in [-0.2, 0) is 17.8 Å². The molecule has 0 atom stereocenters. The maximum absolute atomic E-state index is 13.4. The van der Waals surface area contributed by atoms with Crippen molar-refractivity contribution >= 4 is 40.1 Å². The molecule has 0 unspecified atom stereocenters. The lowest BCUT2D eigenvalue weighted by atomic mass is 10.3. The highest BCUT2D eigenvalue weighted by atomic mass is 35.5. The Morgan fingerprint density at radius 1 is 1.47 bits per heavy atom. The van der Waals surface area contributed by atoms with Gasteiger partial charge in [0.25, 0.3) is 0 Å². The van der Waals surface area contributed by atoms with Crippen molar-refractivity contribution in [1.82, 2.24) is 9.55 Å². The number of carbonyl (C=O) groups is 1. The predicted molar refractivity (Wildman–Crippen MR) is 72.9 cm³/mol. The SMILES string of the molecule is NC(=O)CCn1c(CCCl)nc2cc(F)c(Cl)cc21. The maximum atomic E-state index is 13.4. The third-order valence-corrected chi connectivity index (χ3v) is 3.25. The highest BCUT2D eigenvalue weighted by Gasteiger charge is 2.13. The summed E-state index contributed by atoms with van der Waals surface area (Å²) in [6.07, 6.45) is 0.698. The van der Waals surface area contributed by atoms with E-state index in [4.69, 9.17) is 28.9 Å². The van der Waals surface area contributed by atoms with Crippen molar-refractivity contribution in [3.8, 4) is 0 Å². The van der Waals surface area contributed by atoms with Gasteiger partial charge >= 0.3 is 0 Å². The first kappa shape index (κ1) is 14.1. The van der Waals surface area contributed by atoms with E-state index < -0.39 is 11.7 Å². The number of halogens is 3. The van der Waals surface area contributed by atoms with Gasteiger partial charge in [-0.3, -0.25) is 4.79 Å². The average molecular weight is 304 g/mol. The highest BCUT2D eigenvalue weighted by Crippen LogP contribution is 2.24. The van der Waals surface area contributed by atoms with Crippen LogP contribution < -0.4 is 5.73 Å². The number of hydrogen-bond acceptors (Lipinski definition) is 2. The molecule has 2 rings (SSSR count). The zero-order valence-corrected chi connectivity index (χ0v) is 11.5. The molecule has 1 aromatic carbocycles. The van der Waals surface area contributed by atoms with Crippen molar-refractivity contribution in [1.29, 1.82) is 0 Å². The molecule has 1 aromatic heterocycles. The Morgan fingerprint density at radius 2 is 2.21 bits per heavy atom. The number of alkyl halides is 1. The van der Waals surface area contributed by atoms with Gasteiger partial charge in [-0.15, -0.1) is 11.6 Å². The molecule has 7 heteroatoms. The van der Waals surface area contributed by atoms with Crippen molar-refractivity contribution in [2.45, 2.75) is 19.4 Å². The largest absolute Gasteiger partial charge is 0.370 e. The molecule has 1 heterocycles. The van der Waals surface area contributed by atoms with Crippen molar-refractivity contribution < 1.29 is 9.18 Å². The van der Waals surface area contributed by atoms with Gasteiger partial charge in [0.1, 0.15) is 11.6 Å². The summed E-state index contributed by atoms with van der Waals surface area (Å²) >= 11 is 11.5. The summed E-state index contributed by atoms with van der Waals surface area (Å²) in [5.74, 6) is 0.141. The van der Waals surface area contributed by atoms with E-state index in [0.29, 0.717) is 35.7 Å². The maximum Gasteiger partial charge on any atom is 0.219 e. The molecule has 0 radical (unpaired) electrons. The highest BCUT2D eigenvalue weighted by molar-refractivity contribution is 6.31. The van der Waals surface area contributed by atoms with Gasteiger partial charge in [-0.1, -0.05) is 11.6 Å². The zero-order valence-electron chi connectivity index (χ0n) is 10.00. The fraction of sp³-hybridized carbons (Fsp3) is 0.333. The summed E-state index contributed by atoms with van der Waals surface area (Å²) < 4.78 is 15.2. The van der Waals surface area contributed by atoms with Crippen molar-refractivity contribution in [2.24, 2.45) is 5.73 Å². The quantitative estimate of drug-likeness (QED) is 0.863. The van der Waals surface area contributed by atoms with E-state index in [1.807, 2.05) is 0 Å². The van der Waals surface area contributed by atoms with Crippen molar-refractivity contribution in [2.75, 3.05) is 5.88 Å². The van der Waals surface area contributed by atoms with Gasteiger partial charge in [0, 0.05) is 31.3 Å². The standard InChI is InChI=1S/C12H12Cl2FN3O/c13-3-1-12-17-9-6-8(15)7(14)5-10(9)18(12)4-2-11(16)19/h5-6H,1-4H2,(H2,16,19). The molecule has 2 aromatic rings. The Kier molecular flexibility index (Phi) is 4.27. The Hall–Kier alpha value is -1.33. The number of nitrogens with two attached hydrogens (primary N) is 1. The van der Waals surface area contributed by atoms with Gasteiger partial charge in [-0.2, -0.15) is 0 Å². The first-order valence-corrected chi connectivity index (χ1v) is 6.62. The van der Waals surface area contributed by atoms with Crippen LogP contribution in [0.25, 0.3) is 11.0 Å². The molecular formula is C12H12Cl2FN3O. The average Bonchev–Trinajstić information content (AvgIpc) is 2.65. The number of rotatable bonds is 5. The lowest BCUT2D eigenvalue weighted by Gasteiger charge is -2.07. The van der Waals surface area contributed by atoms with Gasteiger partial charge in [0.2, 0.25) is 5.91 Å². The molecule has 4 nitrogen and oxygen atoms in total. The van der Waals surface area contributed by atoms with Crippen LogP contribution in [0.4, 0.5) is 4.39 Å². The number of carbonyl (C=O) groups excluding carboxylic acids is 1. The fourth-order valence-electron chi connectivity index (χ4n) is 1.92. The Labute approximate surface area is 119 Å². The van der Waals surface area contributed by atoms with E-state index >= 15 is 0 Å². The molecule has 0 saturated carbocycles. The van der Waals surface area contributed by atoms with Gasteiger partial charge in [0.15, 0.2) is 0 Å². The van der Waals surface area contributed by atoms with Crippen molar-refractivity contribution in [3.63, 3.8) is 0 Å². The number of benzene rings is 1. The second kappa shape index (κ2) is 5.75. The van der Waals surface area contributed by atoms with Gasteiger partial charge < -0.3 is 10.3 Å². The molecule has 0 spiro atoms. The normalized spacial score (nSPS) is 11.1. The van der Waals surface area contributed by atoms with Crippen LogP contribution in [0.3, 0.4) is 0 Å². The minimum atomic E-state index is -0.522. The first-order chi connectivity index (χ1) is 9.02. The van der Waals surface area contributed by atoms with Gasteiger partial charge in [0.05, 0.1) is 16.1 Å². The van der Waals surface area contributed by atoms with E-state index in [-0.39, 0.29) is 11.4 Å². The molecule has 0 aliphatic carbocycles. The number of fused-ring (bicyclic) bond motifs is 1. The minimum Gasteiger partial charge on any atom is -0.370 e. The van der Waals surface area contributed by atoms with Crippen LogP contribution in [0.15, 0.2) is 12.1 Å². The van der Waals surface area contributed by atoms with Crippen LogP contribution in [0.1, 0.15) is 12.2 Å². The predicted octanol–water partition coefficient (Wildman–Crippen LogP) is 2.49. The summed E-state index contributed by atoms with van der Waals surface area (Å²) in [5.41, 5.74) is 6.31. The number of nitrogens with zero attached hydrogens (tertiary/aromatic N) is 2. The Balaban J connectivity index is 2.51. The van der Waals surface area contributed by atoms with Crippen molar-refractivity contribution in [3.05, 3.63) is 28.8 Å².